The molecule has 0 aliphatic heterocycles. The molecule has 24 heavy (non-hydrogen) atoms. The quantitative estimate of drug-likeness (QED) is 0.680. The Labute approximate surface area is 147 Å². The average molecular weight is 363 g/mol. The minimum Gasteiger partial charge on any atom is -0.452 e. The summed E-state index contributed by atoms with van der Waals surface area (Å²) in [4.78, 5) is 27.0. The third-order valence-corrected chi connectivity index (χ3v) is 4.19. The van der Waals surface area contributed by atoms with Crippen LogP contribution in [0.15, 0.2) is 48.7 Å². The van der Waals surface area contributed by atoms with Gasteiger partial charge in [-0.25, -0.2) is 4.79 Å². The Morgan fingerprint density at radius 3 is 2.71 bits per heavy atom. The number of nitrogens with one attached hydrogen (secondary N) is 2. The number of halogens is 2. The highest BCUT2D eigenvalue weighted by molar-refractivity contribution is 6.44. The number of anilines is 1. The minimum absolute atomic E-state index is 0.232. The van der Waals surface area contributed by atoms with Crippen LogP contribution in [-0.2, 0) is 9.53 Å². The molecule has 0 aliphatic rings. The highest BCUT2D eigenvalue weighted by atomic mass is 35.5. The summed E-state index contributed by atoms with van der Waals surface area (Å²) >= 11 is 11.9. The number of aromatic amines is 1. The van der Waals surface area contributed by atoms with E-state index in [1.165, 1.54) is 0 Å². The Morgan fingerprint density at radius 2 is 1.88 bits per heavy atom. The van der Waals surface area contributed by atoms with Crippen LogP contribution in [0.25, 0.3) is 10.9 Å². The van der Waals surface area contributed by atoms with E-state index in [4.69, 9.17) is 27.9 Å². The summed E-state index contributed by atoms with van der Waals surface area (Å²) < 4.78 is 5.05. The fourth-order valence-corrected chi connectivity index (χ4v) is 2.58. The molecule has 0 atom stereocenters. The zero-order valence-electron chi connectivity index (χ0n) is 12.3. The van der Waals surface area contributed by atoms with Gasteiger partial charge in [-0.3, -0.25) is 4.79 Å². The van der Waals surface area contributed by atoms with E-state index in [1.54, 1.807) is 30.5 Å². The first kappa shape index (κ1) is 16.4. The maximum Gasteiger partial charge on any atom is 0.340 e. The number of amides is 1. The third-order valence-electron chi connectivity index (χ3n) is 3.37. The summed E-state index contributed by atoms with van der Waals surface area (Å²) in [6.07, 6.45) is 1.55. The predicted octanol–water partition coefficient (Wildman–Crippen LogP) is 4.27. The highest BCUT2D eigenvalue weighted by Crippen LogP contribution is 2.29. The Kier molecular flexibility index (Phi) is 4.74. The van der Waals surface area contributed by atoms with Crippen LogP contribution in [0.5, 0.6) is 0 Å². The maximum absolute atomic E-state index is 12.1. The molecule has 122 valence electrons. The molecule has 1 heterocycles. The third kappa shape index (κ3) is 3.37. The van der Waals surface area contributed by atoms with E-state index in [0.29, 0.717) is 16.3 Å². The molecule has 2 N–H and O–H groups in total. The number of fused-ring (bicyclic) bond motifs is 1. The van der Waals surface area contributed by atoms with Crippen molar-refractivity contribution in [3.05, 3.63) is 64.3 Å². The summed E-state index contributed by atoms with van der Waals surface area (Å²) in [6, 6.07) is 12.2. The standard InChI is InChI=1S/C17H12Cl2N2O3/c18-12-5-3-7-14(16(12)19)21-15(22)9-24-17(23)11-8-20-13-6-2-1-4-10(11)13/h1-8,20H,9H2,(H,21,22). The molecule has 0 fully saturated rings. The minimum atomic E-state index is -0.584. The van der Waals surface area contributed by atoms with E-state index in [-0.39, 0.29) is 5.02 Å². The number of benzene rings is 2. The Balaban J connectivity index is 1.64. The molecule has 0 bridgehead atoms. The molecule has 5 nitrogen and oxygen atoms in total. The van der Waals surface area contributed by atoms with Crippen molar-refractivity contribution >= 4 is 51.7 Å². The van der Waals surface area contributed by atoms with Gasteiger partial charge in [0.1, 0.15) is 0 Å². The smallest absolute Gasteiger partial charge is 0.340 e. The molecule has 0 spiro atoms. The van der Waals surface area contributed by atoms with Gasteiger partial charge >= 0.3 is 5.97 Å². The second-order valence-corrected chi connectivity index (χ2v) is 5.76. The van der Waals surface area contributed by atoms with Crippen LogP contribution in [0.1, 0.15) is 10.4 Å². The van der Waals surface area contributed by atoms with Gasteiger partial charge in [0, 0.05) is 17.1 Å². The van der Waals surface area contributed by atoms with Gasteiger partial charge in [-0.15, -0.1) is 0 Å². The Bertz CT molecular complexity index is 921. The van der Waals surface area contributed by atoms with E-state index in [1.807, 2.05) is 18.2 Å². The monoisotopic (exact) mass is 362 g/mol. The molecule has 0 saturated carbocycles. The van der Waals surface area contributed by atoms with Crippen LogP contribution in [0.2, 0.25) is 10.0 Å². The van der Waals surface area contributed by atoms with Crippen molar-refractivity contribution in [2.75, 3.05) is 11.9 Å². The molecule has 0 unspecified atom stereocenters. The van der Waals surface area contributed by atoms with Gasteiger partial charge in [0.05, 0.1) is 21.3 Å². The van der Waals surface area contributed by atoms with Gasteiger partial charge in [-0.2, -0.15) is 0 Å². The summed E-state index contributed by atoms with van der Waals surface area (Å²) in [7, 11) is 0. The first-order valence-corrected chi connectivity index (χ1v) is 7.79. The predicted molar refractivity (Wildman–Crippen MR) is 93.7 cm³/mol. The van der Waals surface area contributed by atoms with Gasteiger partial charge in [-0.1, -0.05) is 47.5 Å². The second-order valence-electron chi connectivity index (χ2n) is 4.97. The lowest BCUT2D eigenvalue weighted by molar-refractivity contribution is -0.119. The number of para-hydroxylation sites is 1. The van der Waals surface area contributed by atoms with Crippen molar-refractivity contribution in [2.24, 2.45) is 0 Å². The summed E-state index contributed by atoms with van der Waals surface area (Å²) in [6.45, 7) is -0.429. The van der Waals surface area contributed by atoms with Crippen LogP contribution in [0.4, 0.5) is 5.69 Å². The number of hydrogen-bond donors (Lipinski definition) is 2. The van der Waals surface area contributed by atoms with Crippen molar-refractivity contribution in [3.8, 4) is 0 Å². The number of carbonyl (C=O) groups is 2. The molecule has 7 heteroatoms. The van der Waals surface area contributed by atoms with Crippen molar-refractivity contribution in [2.45, 2.75) is 0 Å². The molecular weight excluding hydrogens is 351 g/mol. The number of hydrogen-bond acceptors (Lipinski definition) is 3. The first-order valence-electron chi connectivity index (χ1n) is 7.03. The van der Waals surface area contributed by atoms with E-state index >= 15 is 0 Å². The molecule has 1 aromatic heterocycles. The van der Waals surface area contributed by atoms with Crippen LogP contribution in [-0.4, -0.2) is 23.5 Å². The number of H-pyrrole nitrogens is 1. The van der Waals surface area contributed by atoms with E-state index in [2.05, 4.69) is 10.3 Å². The van der Waals surface area contributed by atoms with Gasteiger partial charge < -0.3 is 15.0 Å². The lowest BCUT2D eigenvalue weighted by atomic mass is 10.2. The van der Waals surface area contributed by atoms with Gasteiger partial charge in [0.25, 0.3) is 5.91 Å². The van der Waals surface area contributed by atoms with Crippen LogP contribution < -0.4 is 5.32 Å². The van der Waals surface area contributed by atoms with Crippen molar-refractivity contribution in [3.63, 3.8) is 0 Å². The number of aromatic nitrogens is 1. The number of carbonyl (C=O) groups excluding carboxylic acids is 2. The summed E-state index contributed by atoms with van der Waals surface area (Å²) in [5.41, 5.74) is 1.55. The van der Waals surface area contributed by atoms with Crippen LogP contribution in [0, 0.1) is 0 Å². The first-order chi connectivity index (χ1) is 11.6. The topological polar surface area (TPSA) is 71.2 Å². The second kappa shape index (κ2) is 6.95. The molecule has 2 aromatic carbocycles. The highest BCUT2D eigenvalue weighted by Gasteiger charge is 2.15. The molecule has 0 saturated heterocycles. The maximum atomic E-state index is 12.1. The largest absolute Gasteiger partial charge is 0.452 e. The SMILES string of the molecule is O=C(COC(=O)c1c[nH]c2ccccc12)Nc1cccc(Cl)c1Cl. The van der Waals surface area contributed by atoms with Crippen molar-refractivity contribution in [1.29, 1.82) is 0 Å². The number of ether oxygens (including phenoxy) is 1. The number of rotatable bonds is 4. The molecular formula is C17H12Cl2N2O3. The Hall–Kier alpha value is -2.50. The Morgan fingerprint density at radius 1 is 1.08 bits per heavy atom. The molecule has 1 amide bonds. The lowest BCUT2D eigenvalue weighted by Crippen LogP contribution is -2.21. The van der Waals surface area contributed by atoms with Crippen molar-refractivity contribution < 1.29 is 14.3 Å². The van der Waals surface area contributed by atoms with E-state index < -0.39 is 18.5 Å². The summed E-state index contributed by atoms with van der Waals surface area (Å²) in [5.74, 6) is -1.09. The summed E-state index contributed by atoms with van der Waals surface area (Å²) in [5, 5.41) is 3.84. The lowest BCUT2D eigenvalue weighted by Gasteiger charge is -2.08. The number of esters is 1. The fraction of sp³-hybridized carbons (Fsp3) is 0.0588. The zero-order valence-corrected chi connectivity index (χ0v) is 13.8. The fourth-order valence-electron chi connectivity index (χ4n) is 2.24. The van der Waals surface area contributed by atoms with Crippen molar-refractivity contribution in [1.82, 2.24) is 4.98 Å². The van der Waals surface area contributed by atoms with Crippen LogP contribution in [0.3, 0.4) is 0 Å². The van der Waals surface area contributed by atoms with Gasteiger partial charge in [-0.05, 0) is 18.2 Å². The van der Waals surface area contributed by atoms with Gasteiger partial charge in [0.15, 0.2) is 6.61 Å². The molecule has 3 rings (SSSR count). The average Bonchev–Trinajstić information content (AvgIpc) is 3.01. The van der Waals surface area contributed by atoms with Gasteiger partial charge in [0.2, 0.25) is 0 Å². The van der Waals surface area contributed by atoms with E-state index in [0.717, 1.165) is 10.9 Å². The zero-order chi connectivity index (χ0) is 17.1. The van der Waals surface area contributed by atoms with Crippen LogP contribution >= 0.6 is 23.2 Å². The molecule has 0 radical (unpaired) electrons. The molecule has 0 aliphatic carbocycles. The normalized spacial score (nSPS) is 10.6. The van der Waals surface area contributed by atoms with E-state index in [9.17, 15) is 9.59 Å². The molecule has 3 aromatic rings.